The van der Waals surface area contributed by atoms with Crippen LogP contribution in [0.15, 0.2) is 42.5 Å². The van der Waals surface area contributed by atoms with E-state index in [4.69, 9.17) is 11.6 Å². The summed E-state index contributed by atoms with van der Waals surface area (Å²) in [5.41, 5.74) is 2.62. The number of rotatable bonds is 5. The highest BCUT2D eigenvalue weighted by Gasteiger charge is 2.06. The molecular weight excluding hydrogens is 261 g/mol. The van der Waals surface area contributed by atoms with Gasteiger partial charge in [0.25, 0.3) is 0 Å². The van der Waals surface area contributed by atoms with Crippen LogP contribution in [0.1, 0.15) is 18.9 Å². The second-order valence-electron chi connectivity index (χ2n) is 4.50. The van der Waals surface area contributed by atoms with Crippen molar-refractivity contribution in [2.75, 3.05) is 6.54 Å². The zero-order valence-corrected chi connectivity index (χ0v) is 11.7. The Morgan fingerprint density at radius 2 is 2.00 bits per heavy atom. The van der Waals surface area contributed by atoms with E-state index in [-0.39, 0.29) is 5.82 Å². The molecule has 0 heterocycles. The molecular formula is C16H17ClFN. The normalized spacial score (nSPS) is 10.7. The predicted octanol–water partition coefficient (Wildman–Crippen LogP) is 4.65. The van der Waals surface area contributed by atoms with Crippen molar-refractivity contribution >= 4 is 11.6 Å². The summed E-state index contributed by atoms with van der Waals surface area (Å²) in [5.74, 6) is -0.286. The molecule has 0 bridgehead atoms. The Bertz CT molecular complexity index is 554. The Kier molecular flexibility index (Phi) is 4.94. The van der Waals surface area contributed by atoms with Gasteiger partial charge in [-0.3, -0.25) is 0 Å². The largest absolute Gasteiger partial charge is 0.313 e. The molecule has 0 saturated heterocycles. The van der Waals surface area contributed by atoms with E-state index in [0.717, 1.165) is 30.6 Å². The highest BCUT2D eigenvalue weighted by molar-refractivity contribution is 6.30. The van der Waals surface area contributed by atoms with E-state index >= 15 is 0 Å². The van der Waals surface area contributed by atoms with Crippen LogP contribution in [0, 0.1) is 5.82 Å². The molecule has 1 N–H and O–H groups in total. The van der Waals surface area contributed by atoms with Gasteiger partial charge in [-0.1, -0.05) is 36.7 Å². The van der Waals surface area contributed by atoms with Gasteiger partial charge in [0.05, 0.1) is 0 Å². The van der Waals surface area contributed by atoms with Crippen molar-refractivity contribution < 1.29 is 4.39 Å². The van der Waals surface area contributed by atoms with E-state index in [2.05, 4.69) is 12.2 Å². The Labute approximate surface area is 118 Å². The van der Waals surface area contributed by atoms with Crippen LogP contribution >= 0.6 is 11.6 Å². The van der Waals surface area contributed by atoms with Crippen molar-refractivity contribution in [3.8, 4) is 11.1 Å². The predicted molar refractivity (Wildman–Crippen MR) is 78.8 cm³/mol. The third-order valence-electron chi connectivity index (χ3n) is 2.93. The monoisotopic (exact) mass is 277 g/mol. The van der Waals surface area contributed by atoms with Gasteiger partial charge in [0.1, 0.15) is 5.82 Å². The molecule has 19 heavy (non-hydrogen) atoms. The van der Waals surface area contributed by atoms with Crippen LogP contribution in [0.2, 0.25) is 5.02 Å². The first-order chi connectivity index (χ1) is 9.20. The molecule has 0 aliphatic carbocycles. The van der Waals surface area contributed by atoms with Gasteiger partial charge in [-0.15, -0.1) is 0 Å². The van der Waals surface area contributed by atoms with Crippen molar-refractivity contribution in [1.82, 2.24) is 5.32 Å². The molecule has 1 nitrogen and oxygen atoms in total. The topological polar surface area (TPSA) is 12.0 Å². The number of hydrogen-bond donors (Lipinski definition) is 1. The fraction of sp³-hybridized carbons (Fsp3) is 0.250. The molecule has 0 spiro atoms. The molecule has 0 aromatic heterocycles. The van der Waals surface area contributed by atoms with E-state index < -0.39 is 0 Å². The minimum Gasteiger partial charge on any atom is -0.313 e. The second-order valence-corrected chi connectivity index (χ2v) is 4.94. The Morgan fingerprint density at radius 1 is 1.16 bits per heavy atom. The van der Waals surface area contributed by atoms with Gasteiger partial charge < -0.3 is 5.32 Å². The van der Waals surface area contributed by atoms with Crippen molar-refractivity contribution in [2.45, 2.75) is 19.9 Å². The summed E-state index contributed by atoms with van der Waals surface area (Å²) in [6.07, 6.45) is 1.10. The van der Waals surface area contributed by atoms with Crippen LogP contribution in [0.3, 0.4) is 0 Å². The van der Waals surface area contributed by atoms with Crippen LogP contribution in [-0.2, 0) is 6.54 Å². The molecule has 0 aliphatic rings. The van der Waals surface area contributed by atoms with E-state index in [1.54, 1.807) is 12.1 Å². The number of nitrogens with one attached hydrogen (secondary N) is 1. The summed E-state index contributed by atoms with van der Waals surface area (Å²) in [6.45, 7) is 3.92. The summed E-state index contributed by atoms with van der Waals surface area (Å²) in [6, 6.07) is 12.7. The lowest BCUT2D eigenvalue weighted by atomic mass is 10.0. The summed E-state index contributed by atoms with van der Waals surface area (Å²) < 4.78 is 13.9. The Morgan fingerprint density at radius 3 is 2.74 bits per heavy atom. The van der Waals surface area contributed by atoms with Crippen LogP contribution in [0.25, 0.3) is 11.1 Å². The van der Waals surface area contributed by atoms with Gasteiger partial charge in [0.15, 0.2) is 0 Å². The first-order valence-electron chi connectivity index (χ1n) is 6.46. The molecule has 0 aliphatic heterocycles. The molecule has 2 rings (SSSR count). The zero-order valence-electron chi connectivity index (χ0n) is 10.9. The maximum Gasteiger partial charge on any atom is 0.132 e. The Balaban J connectivity index is 2.22. The van der Waals surface area contributed by atoms with Gasteiger partial charge >= 0.3 is 0 Å². The van der Waals surface area contributed by atoms with Crippen LogP contribution in [0.4, 0.5) is 4.39 Å². The summed E-state index contributed by atoms with van der Waals surface area (Å²) in [4.78, 5) is 0. The standard InChI is InChI=1S/C16H17ClFN/c1-2-8-19-11-12-4-3-5-13(9-12)15-7-6-14(17)10-16(15)18/h3-7,9-10,19H,2,8,11H2,1H3. The molecule has 0 atom stereocenters. The smallest absolute Gasteiger partial charge is 0.132 e. The molecule has 0 amide bonds. The maximum atomic E-state index is 13.9. The van der Waals surface area contributed by atoms with Crippen LogP contribution in [-0.4, -0.2) is 6.54 Å². The van der Waals surface area contributed by atoms with Crippen LogP contribution < -0.4 is 5.32 Å². The molecule has 3 heteroatoms. The zero-order chi connectivity index (χ0) is 13.7. The molecule has 0 saturated carbocycles. The first-order valence-corrected chi connectivity index (χ1v) is 6.83. The third kappa shape index (κ3) is 3.79. The molecule has 0 unspecified atom stereocenters. The van der Waals surface area contributed by atoms with Gasteiger partial charge in [0, 0.05) is 17.1 Å². The SMILES string of the molecule is CCCNCc1cccc(-c2ccc(Cl)cc2F)c1. The molecule has 0 fully saturated rings. The van der Waals surface area contributed by atoms with Crippen molar-refractivity contribution in [1.29, 1.82) is 0 Å². The Hall–Kier alpha value is -1.38. The van der Waals surface area contributed by atoms with E-state index in [0.29, 0.717) is 10.6 Å². The number of halogens is 2. The van der Waals surface area contributed by atoms with E-state index in [1.165, 1.54) is 6.07 Å². The lowest BCUT2D eigenvalue weighted by Gasteiger charge is -2.08. The minimum atomic E-state index is -0.286. The fourth-order valence-electron chi connectivity index (χ4n) is 1.98. The van der Waals surface area contributed by atoms with Gasteiger partial charge in [-0.2, -0.15) is 0 Å². The fourth-order valence-corrected chi connectivity index (χ4v) is 2.14. The second kappa shape index (κ2) is 6.69. The molecule has 2 aromatic rings. The van der Waals surface area contributed by atoms with Gasteiger partial charge in [0.2, 0.25) is 0 Å². The molecule has 0 radical (unpaired) electrons. The minimum absolute atomic E-state index is 0.286. The van der Waals surface area contributed by atoms with Crippen molar-refractivity contribution in [2.24, 2.45) is 0 Å². The van der Waals surface area contributed by atoms with Crippen molar-refractivity contribution in [3.05, 3.63) is 58.9 Å². The number of hydrogen-bond acceptors (Lipinski definition) is 1. The van der Waals surface area contributed by atoms with Crippen LogP contribution in [0.5, 0.6) is 0 Å². The highest BCUT2D eigenvalue weighted by atomic mass is 35.5. The average molecular weight is 278 g/mol. The molecule has 2 aromatic carbocycles. The van der Waals surface area contributed by atoms with Gasteiger partial charge in [-0.05, 0) is 48.4 Å². The van der Waals surface area contributed by atoms with Crippen molar-refractivity contribution in [3.63, 3.8) is 0 Å². The first kappa shape index (κ1) is 14.0. The number of benzene rings is 2. The lowest BCUT2D eigenvalue weighted by molar-refractivity contribution is 0.631. The summed E-state index contributed by atoms with van der Waals surface area (Å²) in [7, 11) is 0. The molecule has 100 valence electrons. The van der Waals surface area contributed by atoms with E-state index in [1.807, 2.05) is 24.3 Å². The lowest BCUT2D eigenvalue weighted by Crippen LogP contribution is -2.13. The highest BCUT2D eigenvalue weighted by Crippen LogP contribution is 2.25. The third-order valence-corrected chi connectivity index (χ3v) is 3.16. The maximum absolute atomic E-state index is 13.9. The average Bonchev–Trinajstić information content (AvgIpc) is 2.39. The van der Waals surface area contributed by atoms with Gasteiger partial charge in [-0.25, -0.2) is 4.39 Å². The summed E-state index contributed by atoms with van der Waals surface area (Å²) >= 11 is 5.77. The van der Waals surface area contributed by atoms with E-state index in [9.17, 15) is 4.39 Å². The summed E-state index contributed by atoms with van der Waals surface area (Å²) in [5, 5.41) is 3.76. The quantitative estimate of drug-likeness (QED) is 0.785.